The molecule has 37 heavy (non-hydrogen) atoms. The second-order valence-corrected chi connectivity index (χ2v) is 12.1. The lowest BCUT2D eigenvalue weighted by Gasteiger charge is -2.18. The van der Waals surface area contributed by atoms with Crippen molar-refractivity contribution in [2.45, 2.75) is 0 Å². The normalized spacial score (nSPS) is 16.3. The molecule has 1 aliphatic heterocycles. The Balaban J connectivity index is 1.59. The first kappa shape index (κ1) is 20.6. The van der Waals surface area contributed by atoms with E-state index in [0.29, 0.717) is 5.95 Å². The lowest BCUT2D eigenvalue weighted by atomic mass is 10.0. The fourth-order valence-corrected chi connectivity index (χ4v) is 9.11. The van der Waals surface area contributed by atoms with Crippen molar-refractivity contribution in [3.63, 3.8) is 0 Å². The molecule has 2 aromatic heterocycles. The predicted octanol–water partition coefficient (Wildman–Crippen LogP) is 6.35. The Morgan fingerprint density at radius 3 is 2.32 bits per heavy atom. The number of para-hydroxylation sites is 2. The van der Waals surface area contributed by atoms with Crippen molar-refractivity contribution < 1.29 is 4.57 Å². The minimum absolute atomic E-state index is 0.578. The zero-order chi connectivity index (χ0) is 24.6. The molecule has 1 aliphatic rings. The smallest absolute Gasteiger partial charge is 0.235 e. The van der Waals surface area contributed by atoms with Crippen LogP contribution in [0.3, 0.4) is 0 Å². The number of rotatable bonds is 2. The van der Waals surface area contributed by atoms with Crippen molar-refractivity contribution in [2.24, 2.45) is 0 Å². The molecule has 0 saturated heterocycles. The van der Waals surface area contributed by atoms with Gasteiger partial charge >= 0.3 is 0 Å². The number of fused-ring (bicyclic) bond motifs is 8. The molecule has 0 saturated carbocycles. The van der Waals surface area contributed by atoms with E-state index in [9.17, 15) is 0 Å². The molecule has 0 fully saturated rings. The Bertz CT molecular complexity index is 2080. The summed E-state index contributed by atoms with van der Waals surface area (Å²) in [6.07, 6.45) is 1.87. The molecule has 4 nitrogen and oxygen atoms in total. The van der Waals surface area contributed by atoms with Gasteiger partial charge < -0.3 is 4.57 Å². The lowest BCUT2D eigenvalue weighted by Crippen LogP contribution is -2.22. The van der Waals surface area contributed by atoms with E-state index < -0.39 is 7.14 Å². The molecule has 8 rings (SSSR count). The maximum atomic E-state index is 15.5. The van der Waals surface area contributed by atoms with Crippen LogP contribution < -0.4 is 15.9 Å². The van der Waals surface area contributed by atoms with E-state index in [2.05, 4.69) is 34.9 Å². The summed E-state index contributed by atoms with van der Waals surface area (Å²) in [5.41, 5.74) is 4.83. The topological polar surface area (TPSA) is 47.8 Å². The number of aromatic nitrogens is 3. The molecule has 1 atom stereocenters. The highest BCUT2D eigenvalue weighted by atomic mass is 31.2. The Labute approximate surface area is 213 Å². The SMILES string of the molecule is O=P1(c2ccccc2)c2ccccc2-c2ccc3c4ccccc4n(-c4ncc5ccccc5n4)c3c21. The van der Waals surface area contributed by atoms with Crippen molar-refractivity contribution >= 4 is 55.8 Å². The maximum Gasteiger partial charge on any atom is 0.235 e. The molecule has 7 aromatic rings. The van der Waals surface area contributed by atoms with Gasteiger partial charge in [0.1, 0.15) is 0 Å². The van der Waals surface area contributed by atoms with Crippen LogP contribution in [0.5, 0.6) is 0 Å². The van der Waals surface area contributed by atoms with Crippen LogP contribution >= 0.6 is 7.14 Å². The molecular weight excluding hydrogens is 473 g/mol. The first-order valence-corrected chi connectivity index (χ1v) is 14.0. The van der Waals surface area contributed by atoms with Crippen molar-refractivity contribution in [3.8, 4) is 17.1 Å². The van der Waals surface area contributed by atoms with E-state index in [1.54, 1.807) is 0 Å². The van der Waals surface area contributed by atoms with Gasteiger partial charge in [-0.3, -0.25) is 4.57 Å². The van der Waals surface area contributed by atoms with Gasteiger partial charge in [0.25, 0.3) is 0 Å². The average Bonchev–Trinajstić information content (AvgIpc) is 3.44. The Morgan fingerprint density at radius 1 is 0.649 bits per heavy atom. The summed E-state index contributed by atoms with van der Waals surface area (Å²) in [6.45, 7) is 0. The van der Waals surface area contributed by atoms with Crippen molar-refractivity contribution in [1.29, 1.82) is 0 Å². The van der Waals surface area contributed by atoms with Gasteiger partial charge in [-0.15, -0.1) is 0 Å². The lowest BCUT2D eigenvalue weighted by molar-refractivity contribution is 0.593. The minimum Gasteiger partial charge on any atom is -0.309 e. The zero-order valence-electron chi connectivity index (χ0n) is 19.7. The third-order valence-electron chi connectivity index (χ3n) is 7.45. The summed E-state index contributed by atoms with van der Waals surface area (Å²) >= 11 is 0. The number of hydrogen-bond acceptors (Lipinski definition) is 3. The largest absolute Gasteiger partial charge is 0.309 e. The van der Waals surface area contributed by atoms with Gasteiger partial charge in [0.15, 0.2) is 7.14 Å². The minimum atomic E-state index is -3.18. The van der Waals surface area contributed by atoms with Gasteiger partial charge in [-0.05, 0) is 23.3 Å². The summed E-state index contributed by atoms with van der Waals surface area (Å²) in [6, 6.07) is 38.6. The van der Waals surface area contributed by atoms with Crippen LogP contribution in [0.15, 0.2) is 121 Å². The molecule has 0 radical (unpaired) electrons. The highest BCUT2D eigenvalue weighted by Gasteiger charge is 2.42. The van der Waals surface area contributed by atoms with E-state index >= 15 is 4.57 Å². The van der Waals surface area contributed by atoms with Crippen molar-refractivity contribution in [2.75, 3.05) is 0 Å². The molecule has 0 amide bonds. The van der Waals surface area contributed by atoms with Gasteiger partial charge in [0, 0.05) is 33.0 Å². The first-order chi connectivity index (χ1) is 18.2. The van der Waals surface area contributed by atoms with Gasteiger partial charge in [-0.2, -0.15) is 0 Å². The number of benzene rings is 5. The van der Waals surface area contributed by atoms with Gasteiger partial charge in [-0.25, -0.2) is 9.97 Å². The van der Waals surface area contributed by atoms with Crippen molar-refractivity contribution in [1.82, 2.24) is 14.5 Å². The van der Waals surface area contributed by atoms with Crippen LogP contribution in [0, 0.1) is 0 Å². The number of nitrogens with zero attached hydrogens (tertiary/aromatic N) is 3. The van der Waals surface area contributed by atoms with E-state index in [1.165, 1.54) is 0 Å². The van der Waals surface area contributed by atoms with Crippen LogP contribution in [0.1, 0.15) is 0 Å². The average molecular weight is 494 g/mol. The fourth-order valence-electron chi connectivity index (χ4n) is 5.86. The third-order valence-corrected chi connectivity index (χ3v) is 10.6. The molecule has 1 unspecified atom stereocenters. The summed E-state index contributed by atoms with van der Waals surface area (Å²) in [4.78, 5) is 9.78. The molecule has 174 valence electrons. The summed E-state index contributed by atoms with van der Waals surface area (Å²) in [7, 11) is -3.18. The maximum absolute atomic E-state index is 15.5. The van der Waals surface area contributed by atoms with E-state index in [-0.39, 0.29) is 0 Å². The second kappa shape index (κ2) is 7.49. The Hall–Kier alpha value is -4.53. The molecule has 5 aromatic carbocycles. The van der Waals surface area contributed by atoms with Gasteiger partial charge in [0.2, 0.25) is 5.95 Å². The van der Waals surface area contributed by atoms with Gasteiger partial charge in [0.05, 0.1) is 21.9 Å². The molecule has 0 bridgehead atoms. The highest BCUT2D eigenvalue weighted by molar-refractivity contribution is 7.86. The van der Waals surface area contributed by atoms with Crippen LogP contribution in [0.2, 0.25) is 0 Å². The summed E-state index contributed by atoms with van der Waals surface area (Å²) < 4.78 is 17.6. The van der Waals surface area contributed by atoms with E-state index in [0.717, 1.165) is 59.7 Å². The Kier molecular flexibility index (Phi) is 4.18. The zero-order valence-corrected chi connectivity index (χ0v) is 20.6. The van der Waals surface area contributed by atoms with E-state index in [4.69, 9.17) is 9.97 Å². The molecule has 3 heterocycles. The fraction of sp³-hybridized carbons (Fsp3) is 0. The van der Waals surface area contributed by atoms with E-state index in [1.807, 2.05) is 91.1 Å². The molecular formula is C32H20N3OP. The van der Waals surface area contributed by atoms with Crippen molar-refractivity contribution in [3.05, 3.63) is 121 Å². The molecule has 0 spiro atoms. The molecule has 0 aliphatic carbocycles. The molecule has 5 heteroatoms. The standard InChI is InChI=1S/C32H20N3OP/c36-37(22-11-2-1-3-12-22)29-17-9-6-14-24(29)26-19-18-25-23-13-5-8-16-28(23)35(30(25)31(26)37)32-33-20-21-10-4-7-15-27(21)34-32/h1-20H. The van der Waals surface area contributed by atoms with Gasteiger partial charge in [-0.1, -0.05) is 103 Å². The van der Waals surface area contributed by atoms with Crippen LogP contribution in [-0.4, -0.2) is 14.5 Å². The third kappa shape index (κ3) is 2.71. The summed E-state index contributed by atoms with van der Waals surface area (Å²) in [5, 5.41) is 5.72. The predicted molar refractivity (Wildman–Crippen MR) is 152 cm³/mol. The van der Waals surface area contributed by atoms with Crippen LogP contribution in [0.25, 0.3) is 49.8 Å². The summed E-state index contributed by atoms with van der Waals surface area (Å²) in [5.74, 6) is 0.578. The Morgan fingerprint density at radius 2 is 1.41 bits per heavy atom. The first-order valence-electron chi connectivity index (χ1n) is 12.3. The monoisotopic (exact) mass is 493 g/mol. The quantitative estimate of drug-likeness (QED) is 0.264. The van der Waals surface area contributed by atoms with Crippen LogP contribution in [-0.2, 0) is 4.57 Å². The second-order valence-electron chi connectivity index (χ2n) is 9.40. The van der Waals surface area contributed by atoms with Crippen LogP contribution in [0.4, 0.5) is 0 Å². The molecule has 0 N–H and O–H groups in total. The highest BCUT2D eigenvalue weighted by Crippen LogP contribution is 2.54. The number of hydrogen-bond donors (Lipinski definition) is 0.